The third-order valence-electron chi connectivity index (χ3n) is 5.19. The highest BCUT2D eigenvalue weighted by molar-refractivity contribution is 7.80. The van der Waals surface area contributed by atoms with Crippen LogP contribution in [0, 0.1) is 13.8 Å². The Kier molecular flexibility index (Phi) is 5.71. The number of benzene rings is 2. The molecule has 0 saturated carbocycles. The molecule has 2 aromatic rings. The molecule has 0 radical (unpaired) electrons. The molecule has 1 atom stereocenters. The Morgan fingerprint density at radius 3 is 2.28 bits per heavy atom. The van der Waals surface area contributed by atoms with Crippen molar-refractivity contribution in [1.29, 1.82) is 0 Å². The summed E-state index contributed by atoms with van der Waals surface area (Å²) in [5.74, 6) is 0. The first kappa shape index (κ1) is 17.9. The van der Waals surface area contributed by atoms with Gasteiger partial charge in [-0.05, 0) is 61.8 Å². The average molecular weight is 354 g/mol. The number of piperazine rings is 1. The maximum Gasteiger partial charge on any atom is 0.173 e. The number of hydrogen-bond acceptors (Lipinski definition) is 2. The van der Waals surface area contributed by atoms with E-state index in [9.17, 15) is 0 Å². The standard InChI is InChI=1S/C21H27N3S/c1-16-9-10-20(15-17(16)2)22-21(25)24-13-11-23(12-14-24)18(3)19-7-5-4-6-8-19/h4-10,15,18H,11-14H2,1-3H3,(H,22,25). The van der Waals surface area contributed by atoms with E-state index in [1.54, 1.807) is 0 Å². The van der Waals surface area contributed by atoms with E-state index in [2.05, 4.69) is 84.4 Å². The molecule has 1 unspecified atom stereocenters. The Morgan fingerprint density at radius 2 is 1.64 bits per heavy atom. The van der Waals surface area contributed by atoms with Crippen molar-refractivity contribution in [3.05, 3.63) is 65.2 Å². The molecule has 0 aromatic heterocycles. The average Bonchev–Trinajstić information content (AvgIpc) is 2.65. The summed E-state index contributed by atoms with van der Waals surface area (Å²) < 4.78 is 0. The second kappa shape index (κ2) is 7.98. The van der Waals surface area contributed by atoms with E-state index in [0.717, 1.165) is 37.0 Å². The predicted molar refractivity (Wildman–Crippen MR) is 110 cm³/mol. The van der Waals surface area contributed by atoms with Gasteiger partial charge in [0.15, 0.2) is 5.11 Å². The minimum atomic E-state index is 0.449. The first-order chi connectivity index (χ1) is 12.0. The topological polar surface area (TPSA) is 18.5 Å². The van der Waals surface area contributed by atoms with Crippen molar-refractivity contribution in [3.63, 3.8) is 0 Å². The lowest BCUT2D eigenvalue weighted by atomic mass is 10.1. The second-order valence-electron chi connectivity index (χ2n) is 6.84. The molecule has 1 heterocycles. The van der Waals surface area contributed by atoms with Crippen molar-refractivity contribution in [1.82, 2.24) is 9.80 Å². The van der Waals surface area contributed by atoms with Gasteiger partial charge in [-0.25, -0.2) is 0 Å². The Labute approximate surface area is 156 Å². The Bertz CT molecular complexity index is 721. The van der Waals surface area contributed by atoms with Gasteiger partial charge in [-0.15, -0.1) is 0 Å². The minimum Gasteiger partial charge on any atom is -0.346 e. The van der Waals surface area contributed by atoms with E-state index < -0.39 is 0 Å². The van der Waals surface area contributed by atoms with Gasteiger partial charge in [-0.1, -0.05) is 36.4 Å². The predicted octanol–water partition coefficient (Wildman–Crippen LogP) is 4.38. The molecule has 3 rings (SSSR count). The fourth-order valence-corrected chi connectivity index (χ4v) is 3.58. The van der Waals surface area contributed by atoms with Gasteiger partial charge in [-0.2, -0.15) is 0 Å². The van der Waals surface area contributed by atoms with Gasteiger partial charge in [0.2, 0.25) is 0 Å². The van der Waals surface area contributed by atoms with E-state index >= 15 is 0 Å². The SMILES string of the molecule is Cc1ccc(NC(=S)N2CCN(C(C)c3ccccc3)CC2)cc1C. The molecule has 2 aromatic carbocycles. The molecule has 0 bridgehead atoms. The Morgan fingerprint density at radius 1 is 0.960 bits per heavy atom. The van der Waals surface area contributed by atoms with Gasteiger partial charge >= 0.3 is 0 Å². The van der Waals surface area contributed by atoms with Crippen LogP contribution in [0.2, 0.25) is 0 Å². The van der Waals surface area contributed by atoms with Crippen LogP contribution in [0.15, 0.2) is 48.5 Å². The summed E-state index contributed by atoms with van der Waals surface area (Å²) in [6, 6.07) is 17.6. The molecule has 1 N–H and O–H groups in total. The molecule has 3 nitrogen and oxygen atoms in total. The lowest BCUT2D eigenvalue weighted by molar-refractivity contribution is 0.142. The highest BCUT2D eigenvalue weighted by Gasteiger charge is 2.23. The van der Waals surface area contributed by atoms with Gasteiger partial charge in [0.05, 0.1) is 0 Å². The van der Waals surface area contributed by atoms with Gasteiger partial charge in [0.25, 0.3) is 0 Å². The van der Waals surface area contributed by atoms with E-state index in [-0.39, 0.29) is 0 Å². The normalized spacial score (nSPS) is 16.5. The highest BCUT2D eigenvalue weighted by atomic mass is 32.1. The summed E-state index contributed by atoms with van der Waals surface area (Å²) in [5.41, 5.74) is 5.05. The van der Waals surface area contributed by atoms with E-state index in [1.165, 1.54) is 16.7 Å². The second-order valence-corrected chi connectivity index (χ2v) is 7.23. The van der Waals surface area contributed by atoms with Crippen LogP contribution in [0.4, 0.5) is 5.69 Å². The monoisotopic (exact) mass is 353 g/mol. The Hall–Kier alpha value is -1.91. The molecule has 1 fully saturated rings. The molecule has 132 valence electrons. The van der Waals surface area contributed by atoms with Crippen molar-refractivity contribution >= 4 is 23.0 Å². The van der Waals surface area contributed by atoms with Gasteiger partial charge in [0.1, 0.15) is 0 Å². The van der Waals surface area contributed by atoms with Gasteiger partial charge in [-0.3, -0.25) is 4.90 Å². The maximum absolute atomic E-state index is 5.63. The number of nitrogens with zero attached hydrogens (tertiary/aromatic N) is 2. The third-order valence-corrected chi connectivity index (χ3v) is 5.55. The number of nitrogens with one attached hydrogen (secondary N) is 1. The largest absolute Gasteiger partial charge is 0.346 e. The van der Waals surface area contributed by atoms with Crippen LogP contribution in [0.1, 0.15) is 29.7 Å². The molecule has 1 aliphatic rings. The quantitative estimate of drug-likeness (QED) is 0.825. The van der Waals surface area contributed by atoms with E-state index in [0.29, 0.717) is 6.04 Å². The zero-order chi connectivity index (χ0) is 17.8. The molecular formula is C21H27N3S. The van der Waals surface area contributed by atoms with Crippen LogP contribution >= 0.6 is 12.2 Å². The molecule has 25 heavy (non-hydrogen) atoms. The smallest absolute Gasteiger partial charge is 0.173 e. The summed E-state index contributed by atoms with van der Waals surface area (Å²) in [6.07, 6.45) is 0. The number of rotatable bonds is 3. The van der Waals surface area contributed by atoms with Crippen molar-refractivity contribution in [2.24, 2.45) is 0 Å². The first-order valence-electron chi connectivity index (χ1n) is 8.97. The maximum atomic E-state index is 5.63. The summed E-state index contributed by atoms with van der Waals surface area (Å²) >= 11 is 5.63. The molecule has 1 aliphatic heterocycles. The van der Waals surface area contributed by atoms with Crippen LogP contribution in [0.3, 0.4) is 0 Å². The first-order valence-corrected chi connectivity index (χ1v) is 9.37. The molecular weight excluding hydrogens is 326 g/mol. The Balaban J connectivity index is 1.54. The fourth-order valence-electron chi connectivity index (χ4n) is 3.28. The highest BCUT2D eigenvalue weighted by Crippen LogP contribution is 2.22. The van der Waals surface area contributed by atoms with Crippen LogP contribution in [-0.4, -0.2) is 41.1 Å². The van der Waals surface area contributed by atoms with E-state index in [4.69, 9.17) is 12.2 Å². The lowest BCUT2D eigenvalue weighted by Gasteiger charge is -2.39. The number of hydrogen-bond donors (Lipinski definition) is 1. The summed E-state index contributed by atoms with van der Waals surface area (Å²) in [5, 5.41) is 4.22. The van der Waals surface area contributed by atoms with Crippen LogP contribution < -0.4 is 5.32 Å². The molecule has 0 spiro atoms. The van der Waals surface area contributed by atoms with Gasteiger partial charge < -0.3 is 10.2 Å². The molecule has 0 aliphatic carbocycles. The lowest BCUT2D eigenvalue weighted by Crippen LogP contribution is -2.50. The third kappa shape index (κ3) is 4.39. The summed E-state index contributed by atoms with van der Waals surface area (Å²) in [7, 11) is 0. The molecule has 1 saturated heterocycles. The zero-order valence-corrected chi connectivity index (χ0v) is 16.1. The molecule has 4 heteroatoms. The van der Waals surface area contributed by atoms with Crippen molar-refractivity contribution in [2.75, 3.05) is 31.5 Å². The van der Waals surface area contributed by atoms with Gasteiger partial charge in [0, 0.05) is 37.9 Å². The summed E-state index contributed by atoms with van der Waals surface area (Å²) in [6.45, 7) is 10.5. The van der Waals surface area contributed by atoms with Crippen molar-refractivity contribution < 1.29 is 0 Å². The number of aryl methyl sites for hydroxylation is 2. The zero-order valence-electron chi connectivity index (χ0n) is 15.3. The van der Waals surface area contributed by atoms with E-state index in [1.807, 2.05) is 0 Å². The minimum absolute atomic E-state index is 0.449. The summed E-state index contributed by atoms with van der Waals surface area (Å²) in [4.78, 5) is 4.81. The van der Waals surface area contributed by atoms with Crippen LogP contribution in [0.5, 0.6) is 0 Å². The van der Waals surface area contributed by atoms with Crippen LogP contribution in [-0.2, 0) is 0 Å². The fraction of sp³-hybridized carbons (Fsp3) is 0.381. The molecule has 0 amide bonds. The van der Waals surface area contributed by atoms with Crippen LogP contribution in [0.25, 0.3) is 0 Å². The number of thiocarbonyl (C=S) groups is 1. The van der Waals surface area contributed by atoms with Crippen molar-refractivity contribution in [2.45, 2.75) is 26.8 Å². The number of anilines is 1. The van der Waals surface area contributed by atoms with Crippen molar-refractivity contribution in [3.8, 4) is 0 Å².